The minimum Gasteiger partial charge on any atom is -0.493 e. The van der Waals surface area contributed by atoms with E-state index in [1.54, 1.807) is 42.5 Å². The van der Waals surface area contributed by atoms with Gasteiger partial charge in [0.05, 0.1) is 27.8 Å². The van der Waals surface area contributed by atoms with Crippen molar-refractivity contribution in [2.45, 2.75) is 0 Å². The standard InChI is InChI=1S/C20H14Br2Cl2N2O4/c1-28-18-8-12(21)7-14(22)20(18)29-10-19(27)26-25-9-13-3-5-17(30-13)11-2-4-15(23)16(24)6-11/h2-9H,10H2,1H3,(H,26,27)/b25-9+. The van der Waals surface area contributed by atoms with Crippen molar-refractivity contribution >= 4 is 67.2 Å². The highest BCUT2D eigenvalue weighted by Crippen LogP contribution is 2.38. The van der Waals surface area contributed by atoms with Gasteiger partial charge in [0.1, 0.15) is 11.5 Å². The first-order valence-corrected chi connectivity index (χ1v) is 10.7. The van der Waals surface area contributed by atoms with Crippen molar-refractivity contribution in [2.24, 2.45) is 5.10 Å². The lowest BCUT2D eigenvalue weighted by atomic mass is 10.2. The molecule has 1 N–H and O–H groups in total. The van der Waals surface area contributed by atoms with Crippen molar-refractivity contribution in [3.8, 4) is 22.8 Å². The van der Waals surface area contributed by atoms with E-state index in [-0.39, 0.29) is 6.61 Å². The number of benzene rings is 2. The van der Waals surface area contributed by atoms with Gasteiger partial charge in [0.25, 0.3) is 5.91 Å². The molecule has 0 aliphatic rings. The van der Waals surface area contributed by atoms with Crippen molar-refractivity contribution in [2.75, 3.05) is 13.7 Å². The normalized spacial score (nSPS) is 11.0. The summed E-state index contributed by atoms with van der Waals surface area (Å²) in [5.41, 5.74) is 3.15. The maximum Gasteiger partial charge on any atom is 0.277 e. The molecular weight excluding hydrogens is 563 g/mol. The number of rotatable bonds is 7. The molecule has 3 rings (SSSR count). The van der Waals surface area contributed by atoms with E-state index >= 15 is 0 Å². The van der Waals surface area contributed by atoms with Gasteiger partial charge >= 0.3 is 0 Å². The molecule has 30 heavy (non-hydrogen) atoms. The predicted molar refractivity (Wildman–Crippen MR) is 124 cm³/mol. The average Bonchev–Trinajstić information content (AvgIpc) is 3.17. The lowest BCUT2D eigenvalue weighted by Crippen LogP contribution is -2.24. The quantitative estimate of drug-likeness (QED) is 0.264. The topological polar surface area (TPSA) is 73.1 Å². The van der Waals surface area contributed by atoms with E-state index in [4.69, 9.17) is 37.1 Å². The van der Waals surface area contributed by atoms with Crippen LogP contribution in [0.4, 0.5) is 0 Å². The Morgan fingerprint density at radius 2 is 1.97 bits per heavy atom. The van der Waals surface area contributed by atoms with E-state index in [1.165, 1.54) is 13.3 Å². The van der Waals surface area contributed by atoms with Gasteiger partial charge in [0.15, 0.2) is 18.1 Å². The third-order valence-electron chi connectivity index (χ3n) is 3.75. The first-order valence-electron chi connectivity index (χ1n) is 8.40. The molecule has 0 atom stereocenters. The number of furan rings is 1. The van der Waals surface area contributed by atoms with Gasteiger partial charge in [0.2, 0.25) is 0 Å². The largest absolute Gasteiger partial charge is 0.493 e. The summed E-state index contributed by atoms with van der Waals surface area (Å²) < 4.78 is 17.9. The Labute approximate surface area is 199 Å². The number of halogens is 4. The molecule has 6 nitrogen and oxygen atoms in total. The summed E-state index contributed by atoms with van der Waals surface area (Å²) in [5, 5.41) is 4.77. The lowest BCUT2D eigenvalue weighted by Gasteiger charge is -2.12. The lowest BCUT2D eigenvalue weighted by molar-refractivity contribution is -0.123. The summed E-state index contributed by atoms with van der Waals surface area (Å²) in [4.78, 5) is 12.0. The minimum atomic E-state index is -0.445. The van der Waals surface area contributed by atoms with Gasteiger partial charge < -0.3 is 13.9 Å². The van der Waals surface area contributed by atoms with E-state index in [0.717, 1.165) is 10.0 Å². The monoisotopic (exact) mass is 574 g/mol. The Hall–Kier alpha value is -2.00. The highest BCUT2D eigenvalue weighted by molar-refractivity contribution is 9.11. The number of ether oxygens (including phenoxy) is 2. The Morgan fingerprint density at radius 3 is 2.70 bits per heavy atom. The van der Waals surface area contributed by atoms with Gasteiger partial charge in [-0.25, -0.2) is 5.43 Å². The number of hydrazone groups is 1. The van der Waals surface area contributed by atoms with Crippen molar-refractivity contribution in [1.29, 1.82) is 0 Å². The van der Waals surface area contributed by atoms with Crippen molar-refractivity contribution in [3.63, 3.8) is 0 Å². The molecule has 1 amide bonds. The number of nitrogens with one attached hydrogen (secondary N) is 1. The fourth-order valence-corrected chi connectivity index (χ4v) is 3.99. The van der Waals surface area contributed by atoms with E-state index in [2.05, 4.69) is 42.4 Å². The van der Waals surface area contributed by atoms with E-state index < -0.39 is 5.91 Å². The molecule has 3 aromatic rings. The SMILES string of the molecule is COc1cc(Br)cc(Br)c1OCC(=O)N/N=C/c1ccc(-c2ccc(Cl)c(Cl)c2)o1. The number of hydrogen-bond acceptors (Lipinski definition) is 5. The fraction of sp³-hybridized carbons (Fsp3) is 0.100. The highest BCUT2D eigenvalue weighted by atomic mass is 79.9. The zero-order chi connectivity index (χ0) is 21.7. The number of amides is 1. The molecule has 0 unspecified atom stereocenters. The van der Waals surface area contributed by atoms with Crippen LogP contribution in [-0.4, -0.2) is 25.8 Å². The smallest absolute Gasteiger partial charge is 0.277 e. The van der Waals surface area contributed by atoms with Gasteiger partial charge in [-0.2, -0.15) is 5.10 Å². The predicted octanol–water partition coefficient (Wildman–Crippen LogP) is 6.32. The fourth-order valence-electron chi connectivity index (χ4n) is 2.39. The van der Waals surface area contributed by atoms with Crippen LogP contribution in [0.25, 0.3) is 11.3 Å². The molecule has 156 valence electrons. The molecule has 0 radical (unpaired) electrons. The minimum absolute atomic E-state index is 0.249. The molecule has 0 saturated carbocycles. The van der Waals surface area contributed by atoms with Crippen molar-refractivity contribution in [1.82, 2.24) is 5.43 Å². The molecule has 0 saturated heterocycles. The maximum atomic E-state index is 12.0. The summed E-state index contributed by atoms with van der Waals surface area (Å²) in [5.74, 6) is 1.50. The molecule has 1 aromatic heterocycles. The van der Waals surface area contributed by atoms with Crippen LogP contribution in [0.5, 0.6) is 11.5 Å². The zero-order valence-electron chi connectivity index (χ0n) is 15.4. The summed E-state index contributed by atoms with van der Waals surface area (Å²) in [7, 11) is 1.51. The summed E-state index contributed by atoms with van der Waals surface area (Å²) in [6, 6.07) is 12.2. The molecule has 0 fully saturated rings. The molecule has 1 heterocycles. The van der Waals surface area contributed by atoms with Gasteiger partial charge in [-0.15, -0.1) is 0 Å². The highest BCUT2D eigenvalue weighted by Gasteiger charge is 2.13. The van der Waals surface area contributed by atoms with Crippen LogP contribution in [0.1, 0.15) is 5.76 Å². The second-order valence-electron chi connectivity index (χ2n) is 5.83. The van der Waals surface area contributed by atoms with Gasteiger partial charge in [-0.05, 0) is 58.4 Å². The Morgan fingerprint density at radius 1 is 1.17 bits per heavy atom. The molecular formula is C20H14Br2Cl2N2O4. The summed E-state index contributed by atoms with van der Waals surface area (Å²) in [6.45, 7) is -0.249. The van der Waals surface area contributed by atoms with Crippen LogP contribution >= 0.6 is 55.1 Å². The number of carbonyl (C=O) groups excluding carboxylic acids is 1. The van der Waals surface area contributed by atoms with Gasteiger partial charge in [0, 0.05) is 10.0 Å². The first kappa shape index (κ1) is 22.7. The molecule has 2 aromatic carbocycles. The summed E-state index contributed by atoms with van der Waals surface area (Å²) >= 11 is 18.7. The second-order valence-corrected chi connectivity index (χ2v) is 8.42. The van der Waals surface area contributed by atoms with Crippen LogP contribution in [0.2, 0.25) is 10.0 Å². The number of carbonyl (C=O) groups is 1. The number of nitrogens with zero attached hydrogens (tertiary/aromatic N) is 1. The number of hydrogen-bond donors (Lipinski definition) is 1. The van der Waals surface area contributed by atoms with Crippen LogP contribution < -0.4 is 14.9 Å². The molecule has 0 bridgehead atoms. The average molecular weight is 577 g/mol. The van der Waals surface area contributed by atoms with Crippen LogP contribution in [0.15, 0.2) is 60.9 Å². The molecule has 0 aliphatic carbocycles. The molecule has 10 heteroatoms. The van der Waals surface area contributed by atoms with Crippen molar-refractivity contribution < 1.29 is 18.7 Å². The van der Waals surface area contributed by atoms with E-state index in [9.17, 15) is 4.79 Å². The van der Waals surface area contributed by atoms with Crippen molar-refractivity contribution in [3.05, 3.63) is 67.2 Å². The Balaban J connectivity index is 1.57. The molecule has 0 aliphatic heterocycles. The van der Waals surface area contributed by atoms with Crippen LogP contribution in [0.3, 0.4) is 0 Å². The van der Waals surface area contributed by atoms with Gasteiger partial charge in [-0.3, -0.25) is 4.79 Å². The molecule has 0 spiro atoms. The van der Waals surface area contributed by atoms with Crippen LogP contribution in [-0.2, 0) is 4.79 Å². The summed E-state index contributed by atoms with van der Waals surface area (Å²) in [6.07, 6.45) is 1.38. The first-order chi connectivity index (χ1) is 14.4. The Kier molecular flexibility index (Phi) is 7.82. The third kappa shape index (κ3) is 5.78. The number of methoxy groups -OCH3 is 1. The second kappa shape index (κ2) is 10.3. The van der Waals surface area contributed by atoms with E-state index in [1.807, 2.05) is 0 Å². The Bertz CT molecular complexity index is 1100. The zero-order valence-corrected chi connectivity index (χ0v) is 20.1. The third-order valence-corrected chi connectivity index (χ3v) is 5.54. The van der Waals surface area contributed by atoms with Crippen LogP contribution in [0, 0.1) is 0 Å². The van der Waals surface area contributed by atoms with E-state index in [0.29, 0.717) is 37.5 Å². The maximum absolute atomic E-state index is 12.0. The van der Waals surface area contributed by atoms with Gasteiger partial charge in [-0.1, -0.05) is 39.1 Å².